The number of aliphatic hydroxyl groups is 1. The van der Waals surface area contributed by atoms with Crippen LogP contribution in [0, 0.1) is 17.8 Å². The molecule has 2 heterocycles. The van der Waals surface area contributed by atoms with Crippen LogP contribution in [-0.2, 0) is 4.79 Å². The minimum absolute atomic E-state index is 0.0219. The normalized spacial score (nSPS) is 25.7. The molecule has 3 atom stereocenters. The Kier molecular flexibility index (Phi) is 6.52. The van der Waals surface area contributed by atoms with Gasteiger partial charge in [-0.1, -0.05) is 50.7 Å². The third-order valence-electron chi connectivity index (χ3n) is 6.76. The lowest BCUT2D eigenvalue weighted by Crippen LogP contribution is -2.74. The first kappa shape index (κ1) is 21.7. The Labute approximate surface area is 185 Å². The van der Waals surface area contributed by atoms with E-state index in [1.165, 1.54) is 0 Å². The van der Waals surface area contributed by atoms with Crippen molar-refractivity contribution >= 4 is 11.9 Å². The van der Waals surface area contributed by atoms with Crippen LogP contribution in [0.3, 0.4) is 0 Å². The molecular weight excluding hydrogens is 390 g/mol. The number of nitrogens with zero attached hydrogens (tertiary/aromatic N) is 2. The molecule has 1 aromatic rings. The van der Waals surface area contributed by atoms with E-state index in [0.717, 1.165) is 43.2 Å². The van der Waals surface area contributed by atoms with Gasteiger partial charge in [-0.25, -0.2) is 4.79 Å². The second kappa shape index (κ2) is 9.32. The van der Waals surface area contributed by atoms with Gasteiger partial charge in [-0.3, -0.25) is 4.79 Å². The first-order valence-electron chi connectivity index (χ1n) is 11.5. The maximum atomic E-state index is 12.8. The van der Waals surface area contributed by atoms with Gasteiger partial charge >= 0.3 is 6.03 Å². The van der Waals surface area contributed by atoms with Gasteiger partial charge in [0.25, 0.3) is 0 Å². The Morgan fingerprint density at radius 1 is 1.23 bits per heavy atom. The fourth-order valence-corrected chi connectivity index (χ4v) is 5.14. The lowest BCUT2D eigenvalue weighted by atomic mass is 9.73. The van der Waals surface area contributed by atoms with Gasteiger partial charge in [0.1, 0.15) is 6.54 Å². The Hall–Kier alpha value is -2.52. The SMILES string of the molecule is CC(C)CC#Cc1ccc([C@@H]2[C@@H](CO)N3C(=O)CN(C(=O)NC4CCCC4)C[C@@H]23)cc1. The average molecular weight is 424 g/mol. The van der Waals surface area contributed by atoms with E-state index < -0.39 is 0 Å². The second-order valence-corrected chi connectivity index (χ2v) is 9.48. The summed E-state index contributed by atoms with van der Waals surface area (Å²) in [4.78, 5) is 28.9. The second-order valence-electron chi connectivity index (χ2n) is 9.48. The molecule has 1 saturated carbocycles. The van der Waals surface area contributed by atoms with Crippen molar-refractivity contribution in [3.8, 4) is 11.8 Å². The number of amides is 3. The third-order valence-corrected chi connectivity index (χ3v) is 6.76. The maximum absolute atomic E-state index is 12.8. The van der Waals surface area contributed by atoms with Crippen LogP contribution in [0.4, 0.5) is 4.79 Å². The molecule has 0 radical (unpaired) electrons. The number of urea groups is 1. The molecule has 4 rings (SSSR count). The number of fused-ring (bicyclic) bond motifs is 1. The van der Waals surface area contributed by atoms with E-state index in [9.17, 15) is 14.7 Å². The molecule has 6 heteroatoms. The standard InChI is InChI=1S/C25H33N3O3/c1-17(2)6-5-7-18-10-12-19(13-11-18)24-21-14-27(15-23(30)28(21)22(24)16-29)25(31)26-20-8-3-4-9-20/h10-13,17,20-22,24,29H,3-4,6,8-9,14-16H2,1-2H3,(H,26,31)/t21-,22+,24-/m0/s1. The van der Waals surface area contributed by atoms with Crippen LogP contribution < -0.4 is 5.32 Å². The van der Waals surface area contributed by atoms with Crippen molar-refractivity contribution in [3.05, 3.63) is 35.4 Å². The third kappa shape index (κ3) is 4.57. The summed E-state index contributed by atoms with van der Waals surface area (Å²) >= 11 is 0. The van der Waals surface area contributed by atoms with Crippen molar-refractivity contribution in [1.82, 2.24) is 15.1 Å². The highest BCUT2D eigenvalue weighted by atomic mass is 16.3. The van der Waals surface area contributed by atoms with Crippen molar-refractivity contribution in [2.45, 2.75) is 70.0 Å². The highest BCUT2D eigenvalue weighted by Crippen LogP contribution is 2.42. The largest absolute Gasteiger partial charge is 0.394 e. The molecule has 2 N–H and O–H groups in total. The Morgan fingerprint density at radius 2 is 1.94 bits per heavy atom. The molecule has 3 amide bonds. The zero-order valence-corrected chi connectivity index (χ0v) is 18.5. The van der Waals surface area contributed by atoms with Crippen LogP contribution in [0.5, 0.6) is 0 Å². The lowest BCUT2D eigenvalue weighted by Gasteiger charge is -2.58. The molecule has 6 nitrogen and oxygen atoms in total. The summed E-state index contributed by atoms with van der Waals surface area (Å²) < 4.78 is 0. The van der Waals surface area contributed by atoms with Crippen LogP contribution in [0.2, 0.25) is 0 Å². The van der Waals surface area contributed by atoms with E-state index in [4.69, 9.17) is 0 Å². The summed E-state index contributed by atoms with van der Waals surface area (Å²) in [6.45, 7) is 4.82. The fraction of sp³-hybridized carbons (Fsp3) is 0.600. The average Bonchev–Trinajstić information content (AvgIpc) is 3.23. The highest BCUT2D eigenvalue weighted by molar-refractivity contribution is 5.87. The number of rotatable bonds is 4. The zero-order chi connectivity index (χ0) is 22.0. The molecule has 1 aromatic carbocycles. The number of benzene rings is 1. The van der Waals surface area contributed by atoms with E-state index in [2.05, 4.69) is 31.0 Å². The lowest BCUT2D eigenvalue weighted by molar-refractivity contribution is -0.159. The Bertz CT molecular complexity index is 864. The van der Waals surface area contributed by atoms with Crippen molar-refractivity contribution in [3.63, 3.8) is 0 Å². The summed E-state index contributed by atoms with van der Waals surface area (Å²) in [5, 5.41) is 13.0. The Morgan fingerprint density at radius 3 is 2.58 bits per heavy atom. The van der Waals surface area contributed by atoms with Gasteiger partial charge in [0.15, 0.2) is 0 Å². The molecule has 31 heavy (non-hydrogen) atoms. The van der Waals surface area contributed by atoms with Crippen LogP contribution >= 0.6 is 0 Å². The van der Waals surface area contributed by atoms with Gasteiger partial charge in [0.2, 0.25) is 5.91 Å². The van der Waals surface area contributed by atoms with Crippen LogP contribution in [0.15, 0.2) is 24.3 Å². The fourth-order valence-electron chi connectivity index (χ4n) is 5.14. The van der Waals surface area contributed by atoms with Crippen molar-refractivity contribution in [1.29, 1.82) is 0 Å². The minimum atomic E-state index is -0.226. The minimum Gasteiger partial charge on any atom is -0.394 e. The predicted octanol–water partition coefficient (Wildman–Crippen LogP) is 2.71. The molecule has 0 spiro atoms. The van der Waals surface area contributed by atoms with Gasteiger partial charge < -0.3 is 20.2 Å². The first-order chi connectivity index (χ1) is 15.0. The highest BCUT2D eigenvalue weighted by Gasteiger charge is 2.54. The summed E-state index contributed by atoms with van der Waals surface area (Å²) in [7, 11) is 0. The van der Waals surface area contributed by atoms with Gasteiger partial charge in [0, 0.05) is 30.5 Å². The summed E-state index contributed by atoms with van der Waals surface area (Å²) in [6.07, 6.45) is 5.21. The molecular formula is C25H33N3O3. The molecule has 1 aliphatic carbocycles. The topological polar surface area (TPSA) is 72.9 Å². The number of carbonyl (C=O) groups is 2. The van der Waals surface area contributed by atoms with Gasteiger partial charge in [-0.2, -0.15) is 0 Å². The number of nitrogens with one attached hydrogen (secondary N) is 1. The molecule has 3 aliphatic rings. The van der Waals surface area contributed by atoms with Gasteiger partial charge in [-0.05, 0) is 36.5 Å². The van der Waals surface area contributed by atoms with Crippen LogP contribution in [0.25, 0.3) is 0 Å². The Balaban J connectivity index is 1.45. The summed E-state index contributed by atoms with van der Waals surface area (Å²) in [5.41, 5.74) is 2.05. The zero-order valence-electron chi connectivity index (χ0n) is 18.5. The monoisotopic (exact) mass is 423 g/mol. The first-order valence-corrected chi connectivity index (χ1v) is 11.5. The number of hydrogen-bond donors (Lipinski definition) is 2. The van der Waals surface area contributed by atoms with E-state index >= 15 is 0 Å². The van der Waals surface area contributed by atoms with Gasteiger partial charge in [0.05, 0.1) is 18.7 Å². The molecule has 0 unspecified atom stereocenters. The van der Waals surface area contributed by atoms with E-state index in [1.807, 2.05) is 24.3 Å². The maximum Gasteiger partial charge on any atom is 0.318 e. The molecule has 166 valence electrons. The number of carbonyl (C=O) groups excluding carboxylic acids is 2. The smallest absolute Gasteiger partial charge is 0.318 e. The molecule has 2 saturated heterocycles. The van der Waals surface area contributed by atoms with Crippen molar-refractivity contribution in [2.75, 3.05) is 19.7 Å². The molecule has 0 aromatic heterocycles. The number of piperazine rings is 1. The van der Waals surface area contributed by atoms with E-state index in [0.29, 0.717) is 12.5 Å². The van der Waals surface area contributed by atoms with Crippen LogP contribution in [-0.4, -0.2) is 64.7 Å². The van der Waals surface area contributed by atoms with Crippen LogP contribution in [0.1, 0.15) is 63.0 Å². The number of hydrogen-bond acceptors (Lipinski definition) is 3. The summed E-state index contributed by atoms with van der Waals surface area (Å²) in [5.74, 6) is 6.89. The predicted molar refractivity (Wildman–Crippen MR) is 119 cm³/mol. The summed E-state index contributed by atoms with van der Waals surface area (Å²) in [6, 6.07) is 7.89. The van der Waals surface area contributed by atoms with E-state index in [-0.39, 0.29) is 49.1 Å². The molecule has 2 aliphatic heterocycles. The van der Waals surface area contributed by atoms with Gasteiger partial charge in [-0.15, -0.1) is 0 Å². The molecule has 3 fully saturated rings. The number of aliphatic hydroxyl groups excluding tert-OH is 1. The van der Waals surface area contributed by atoms with Crippen molar-refractivity contribution in [2.24, 2.45) is 5.92 Å². The molecule has 0 bridgehead atoms. The quantitative estimate of drug-likeness (QED) is 0.732. The van der Waals surface area contributed by atoms with Crippen molar-refractivity contribution < 1.29 is 14.7 Å². The van der Waals surface area contributed by atoms with E-state index in [1.54, 1.807) is 9.80 Å².